The average Bonchev–Trinajstić information content (AvgIpc) is 3.32. The minimum atomic E-state index is -0.573. The number of fused-ring (bicyclic) bond motifs is 1. The van der Waals surface area contributed by atoms with Crippen molar-refractivity contribution in [2.24, 2.45) is 5.10 Å². The van der Waals surface area contributed by atoms with Crippen molar-refractivity contribution in [2.75, 3.05) is 7.11 Å². The molecule has 10 heteroatoms. The van der Waals surface area contributed by atoms with Crippen molar-refractivity contribution in [1.82, 2.24) is 10.4 Å². The first-order valence-corrected chi connectivity index (χ1v) is 12.6. The Labute approximate surface area is 238 Å². The highest BCUT2D eigenvalue weighted by Gasteiger charge is 2.21. The quantitative estimate of drug-likeness (QED) is 0.0923. The SMILES string of the molecule is COc1cc(C=NNC(=O)c2[nH]c3ccc(F)cc3c2-c2ccccc2Cl)ccc1OC(=O)c1ccc(Cl)cc1. The Hall–Kier alpha value is -4.66. The van der Waals surface area contributed by atoms with Crippen LogP contribution in [0.25, 0.3) is 22.0 Å². The van der Waals surface area contributed by atoms with Crippen LogP contribution in [0.4, 0.5) is 4.39 Å². The first kappa shape index (κ1) is 26.9. The molecular weight excluding hydrogens is 556 g/mol. The van der Waals surface area contributed by atoms with E-state index in [1.165, 1.54) is 25.5 Å². The molecule has 0 aliphatic carbocycles. The maximum Gasteiger partial charge on any atom is 0.343 e. The summed E-state index contributed by atoms with van der Waals surface area (Å²) >= 11 is 12.3. The monoisotopic (exact) mass is 575 g/mol. The Balaban J connectivity index is 1.36. The fourth-order valence-corrected chi connectivity index (χ4v) is 4.45. The van der Waals surface area contributed by atoms with E-state index in [1.54, 1.807) is 72.8 Å². The lowest BCUT2D eigenvalue weighted by atomic mass is 10.0. The summed E-state index contributed by atoms with van der Waals surface area (Å²) in [6, 6.07) is 22.3. The van der Waals surface area contributed by atoms with Gasteiger partial charge in [-0.1, -0.05) is 41.4 Å². The molecule has 1 heterocycles. The van der Waals surface area contributed by atoms with Crippen LogP contribution in [-0.4, -0.2) is 30.2 Å². The molecule has 0 fully saturated rings. The van der Waals surface area contributed by atoms with E-state index in [0.29, 0.717) is 43.2 Å². The van der Waals surface area contributed by atoms with Gasteiger partial charge in [0, 0.05) is 32.1 Å². The molecule has 0 unspecified atom stereocenters. The fourth-order valence-electron chi connectivity index (χ4n) is 4.09. The van der Waals surface area contributed by atoms with Gasteiger partial charge in [-0.3, -0.25) is 4.79 Å². The number of aromatic amines is 1. The summed E-state index contributed by atoms with van der Waals surface area (Å²) in [5.74, 6) is -1.07. The number of nitrogens with zero attached hydrogens (tertiary/aromatic N) is 1. The highest BCUT2D eigenvalue weighted by atomic mass is 35.5. The van der Waals surface area contributed by atoms with Crippen LogP contribution >= 0.6 is 23.2 Å². The largest absolute Gasteiger partial charge is 0.493 e. The predicted molar refractivity (Wildman–Crippen MR) is 153 cm³/mol. The molecule has 1 amide bonds. The van der Waals surface area contributed by atoms with Crippen LogP contribution in [0.5, 0.6) is 11.5 Å². The molecule has 2 N–H and O–H groups in total. The zero-order valence-corrected chi connectivity index (χ0v) is 22.4. The number of hydrogen-bond donors (Lipinski definition) is 2. The van der Waals surface area contributed by atoms with Crippen molar-refractivity contribution < 1.29 is 23.5 Å². The minimum absolute atomic E-state index is 0.174. The first-order chi connectivity index (χ1) is 19.3. The number of hydrogen-bond acceptors (Lipinski definition) is 5. The number of halogens is 3. The Kier molecular flexibility index (Phi) is 7.82. The molecule has 4 aromatic carbocycles. The first-order valence-electron chi connectivity index (χ1n) is 11.9. The molecule has 0 aliphatic heterocycles. The summed E-state index contributed by atoms with van der Waals surface area (Å²) in [6.07, 6.45) is 1.41. The van der Waals surface area contributed by atoms with Crippen molar-refractivity contribution >= 4 is 52.2 Å². The molecule has 0 spiro atoms. The van der Waals surface area contributed by atoms with E-state index >= 15 is 0 Å². The predicted octanol–water partition coefficient (Wildman–Crippen LogP) is 7.27. The summed E-state index contributed by atoms with van der Waals surface area (Å²) in [5, 5.41) is 5.48. The lowest BCUT2D eigenvalue weighted by molar-refractivity contribution is 0.0729. The van der Waals surface area contributed by atoms with Crippen LogP contribution in [-0.2, 0) is 0 Å². The lowest BCUT2D eigenvalue weighted by Crippen LogP contribution is -2.19. The van der Waals surface area contributed by atoms with Gasteiger partial charge in [-0.2, -0.15) is 5.10 Å². The number of hydrazone groups is 1. The second-order valence-electron chi connectivity index (χ2n) is 8.55. The van der Waals surface area contributed by atoms with Crippen molar-refractivity contribution in [3.63, 3.8) is 0 Å². The smallest absolute Gasteiger partial charge is 0.343 e. The second kappa shape index (κ2) is 11.6. The normalized spacial score (nSPS) is 11.1. The maximum absolute atomic E-state index is 14.1. The summed E-state index contributed by atoms with van der Waals surface area (Å²) in [4.78, 5) is 28.7. The van der Waals surface area contributed by atoms with Gasteiger partial charge >= 0.3 is 5.97 Å². The van der Waals surface area contributed by atoms with Gasteiger partial charge in [-0.05, 0) is 72.3 Å². The summed E-state index contributed by atoms with van der Waals surface area (Å²) in [6.45, 7) is 0. The number of benzene rings is 4. The van der Waals surface area contributed by atoms with Crippen molar-refractivity contribution in [1.29, 1.82) is 0 Å². The molecule has 40 heavy (non-hydrogen) atoms. The van der Waals surface area contributed by atoms with Gasteiger partial charge in [-0.15, -0.1) is 0 Å². The standard InChI is InChI=1S/C30H20Cl2FN3O4/c1-39-26-14-17(6-13-25(26)40-30(38)18-7-9-19(31)10-8-18)16-34-36-29(37)28-27(21-4-2-3-5-23(21)32)22-15-20(33)11-12-24(22)35-28/h2-16,35H,1H3,(H,36,37). The number of carbonyl (C=O) groups excluding carboxylic acids is 2. The van der Waals surface area contributed by atoms with E-state index in [0.717, 1.165) is 0 Å². The average molecular weight is 576 g/mol. The number of ether oxygens (including phenoxy) is 2. The van der Waals surface area contributed by atoms with Gasteiger partial charge in [-0.25, -0.2) is 14.6 Å². The zero-order chi connectivity index (χ0) is 28.2. The van der Waals surface area contributed by atoms with E-state index in [9.17, 15) is 14.0 Å². The number of nitrogens with one attached hydrogen (secondary N) is 2. The molecular formula is C30H20Cl2FN3O4. The Bertz CT molecular complexity index is 1770. The Morgan fingerprint density at radius 1 is 0.950 bits per heavy atom. The van der Waals surface area contributed by atoms with Crippen LogP contribution in [0.15, 0.2) is 90.0 Å². The van der Waals surface area contributed by atoms with Crippen LogP contribution in [0.1, 0.15) is 26.4 Å². The molecule has 0 saturated carbocycles. The van der Waals surface area contributed by atoms with E-state index < -0.39 is 17.7 Å². The second-order valence-corrected chi connectivity index (χ2v) is 9.39. The van der Waals surface area contributed by atoms with Gasteiger partial charge in [0.05, 0.1) is 18.9 Å². The number of esters is 1. The lowest BCUT2D eigenvalue weighted by Gasteiger charge is -2.10. The summed E-state index contributed by atoms with van der Waals surface area (Å²) < 4.78 is 24.9. The van der Waals surface area contributed by atoms with Crippen LogP contribution in [0.2, 0.25) is 10.0 Å². The number of rotatable bonds is 7. The third-order valence-electron chi connectivity index (χ3n) is 5.98. The molecule has 200 valence electrons. The minimum Gasteiger partial charge on any atom is -0.493 e. The van der Waals surface area contributed by atoms with Crippen molar-refractivity contribution in [3.8, 4) is 22.6 Å². The molecule has 5 aromatic rings. The summed E-state index contributed by atoms with van der Waals surface area (Å²) in [5.41, 5.74) is 5.16. The fraction of sp³-hybridized carbons (Fsp3) is 0.0333. The number of aromatic nitrogens is 1. The molecule has 0 radical (unpaired) electrons. The highest BCUT2D eigenvalue weighted by Crippen LogP contribution is 2.37. The number of amides is 1. The van der Waals surface area contributed by atoms with Gasteiger partial charge in [0.25, 0.3) is 5.91 Å². The van der Waals surface area contributed by atoms with Gasteiger partial charge in [0.1, 0.15) is 11.5 Å². The van der Waals surface area contributed by atoms with E-state index in [1.807, 2.05) is 0 Å². The Morgan fingerprint density at radius 2 is 1.73 bits per heavy atom. The topological polar surface area (TPSA) is 92.8 Å². The van der Waals surface area contributed by atoms with Gasteiger partial charge in [0.15, 0.2) is 11.5 Å². The van der Waals surface area contributed by atoms with Crippen molar-refractivity contribution in [3.05, 3.63) is 118 Å². The van der Waals surface area contributed by atoms with E-state index in [2.05, 4.69) is 15.5 Å². The third kappa shape index (κ3) is 5.68. The molecule has 0 aliphatic rings. The number of methoxy groups -OCH3 is 1. The van der Waals surface area contributed by atoms with Crippen LogP contribution < -0.4 is 14.9 Å². The summed E-state index contributed by atoms with van der Waals surface area (Å²) in [7, 11) is 1.44. The van der Waals surface area contributed by atoms with Gasteiger partial charge in [0.2, 0.25) is 0 Å². The number of H-pyrrole nitrogens is 1. The maximum atomic E-state index is 14.1. The molecule has 0 bridgehead atoms. The van der Waals surface area contributed by atoms with Crippen molar-refractivity contribution in [2.45, 2.75) is 0 Å². The molecule has 0 atom stereocenters. The zero-order valence-electron chi connectivity index (χ0n) is 20.9. The molecule has 5 rings (SSSR count). The number of carbonyl (C=O) groups is 2. The van der Waals surface area contributed by atoms with Crippen LogP contribution in [0.3, 0.4) is 0 Å². The highest BCUT2D eigenvalue weighted by molar-refractivity contribution is 6.34. The Morgan fingerprint density at radius 3 is 2.48 bits per heavy atom. The molecule has 0 saturated heterocycles. The third-order valence-corrected chi connectivity index (χ3v) is 6.56. The molecule has 7 nitrogen and oxygen atoms in total. The molecule has 1 aromatic heterocycles. The van der Waals surface area contributed by atoms with Crippen LogP contribution in [0, 0.1) is 5.82 Å². The van der Waals surface area contributed by atoms with E-state index in [-0.39, 0.29) is 17.2 Å². The van der Waals surface area contributed by atoms with Gasteiger partial charge < -0.3 is 14.5 Å². The van der Waals surface area contributed by atoms with E-state index in [4.69, 9.17) is 32.7 Å².